The molecule has 1 saturated heterocycles. The first-order valence-corrected chi connectivity index (χ1v) is 20.9. The molecule has 0 radical (unpaired) electrons. The smallest absolute Gasteiger partial charge is 0.264 e. The number of nitrogens with zero attached hydrogens (tertiary/aromatic N) is 1. The quantitative estimate of drug-likeness (QED) is 0.191. The van der Waals surface area contributed by atoms with Crippen LogP contribution in [0, 0.1) is 17.8 Å². The predicted molar refractivity (Wildman–Crippen MR) is 204 cm³/mol. The molecule has 6 rings (SSSR count). The van der Waals surface area contributed by atoms with Crippen LogP contribution in [0.15, 0.2) is 61.2 Å². The summed E-state index contributed by atoms with van der Waals surface area (Å²) in [4.78, 5) is 16.2. The Morgan fingerprint density at radius 3 is 2.76 bits per heavy atom. The van der Waals surface area contributed by atoms with E-state index < -0.39 is 27.3 Å². The number of allylic oxidation sites excluding steroid dienone is 2. The van der Waals surface area contributed by atoms with Crippen LogP contribution in [0.25, 0.3) is 0 Å². The van der Waals surface area contributed by atoms with E-state index in [1.807, 2.05) is 19.1 Å². The van der Waals surface area contributed by atoms with Crippen LogP contribution in [0.1, 0.15) is 99.5 Å². The van der Waals surface area contributed by atoms with Gasteiger partial charge < -0.3 is 19.5 Å². The predicted octanol–water partition coefficient (Wildman–Crippen LogP) is 7.77. The van der Waals surface area contributed by atoms with Gasteiger partial charge in [-0.3, -0.25) is 4.79 Å². The van der Waals surface area contributed by atoms with Gasteiger partial charge in [0.15, 0.2) is 0 Å². The third-order valence-corrected chi connectivity index (χ3v) is 13.9. The van der Waals surface area contributed by atoms with E-state index in [0.29, 0.717) is 44.9 Å². The van der Waals surface area contributed by atoms with E-state index in [0.717, 1.165) is 68.5 Å². The number of anilines is 1. The number of aliphatic hydroxyl groups excluding tert-OH is 1. The first-order chi connectivity index (χ1) is 24.5. The first-order valence-electron chi connectivity index (χ1n) is 19.0. The number of fused-ring (bicyclic) bond motifs is 3. The van der Waals surface area contributed by atoms with Crippen molar-refractivity contribution in [2.24, 2.45) is 17.8 Å². The number of unbranched alkanes of at least 4 members (excludes halogenated alkanes) is 1. The largest absolute Gasteiger partial charge is 0.490 e. The maximum Gasteiger partial charge on any atom is 0.264 e. The van der Waals surface area contributed by atoms with E-state index in [1.165, 1.54) is 11.1 Å². The number of carbonyl (C=O) groups excluding carboxylic acids is 1. The molecule has 51 heavy (non-hydrogen) atoms. The monoisotopic (exact) mass is 738 g/mol. The summed E-state index contributed by atoms with van der Waals surface area (Å²) in [5.41, 5.74) is 3.24. The summed E-state index contributed by atoms with van der Waals surface area (Å²) in [5.74, 6) is 0.178. The van der Waals surface area contributed by atoms with Crippen LogP contribution < -0.4 is 14.4 Å². The Labute approximate surface area is 309 Å². The number of benzene rings is 2. The molecule has 0 aromatic heterocycles. The summed E-state index contributed by atoms with van der Waals surface area (Å²) in [6, 6.07) is 11.4. The Morgan fingerprint density at radius 1 is 1.20 bits per heavy atom. The molecular formula is C41H55ClN2O6S. The Bertz CT molecular complexity index is 1690. The van der Waals surface area contributed by atoms with E-state index in [9.17, 15) is 18.3 Å². The van der Waals surface area contributed by atoms with Crippen LogP contribution in [0.4, 0.5) is 5.69 Å². The molecule has 2 heterocycles. The lowest BCUT2D eigenvalue weighted by molar-refractivity contribution is 0.0456. The topological polar surface area (TPSA) is 105 Å². The van der Waals surface area contributed by atoms with E-state index >= 15 is 0 Å². The van der Waals surface area contributed by atoms with Gasteiger partial charge in [0.05, 0.1) is 29.8 Å². The Kier molecular flexibility index (Phi) is 12.2. The van der Waals surface area contributed by atoms with Crippen molar-refractivity contribution in [3.8, 4) is 5.75 Å². The molecule has 2 aromatic carbocycles. The van der Waals surface area contributed by atoms with Crippen LogP contribution in [0.5, 0.6) is 5.75 Å². The fourth-order valence-electron chi connectivity index (χ4n) is 8.79. The van der Waals surface area contributed by atoms with Gasteiger partial charge in [-0.1, -0.05) is 56.2 Å². The van der Waals surface area contributed by atoms with Gasteiger partial charge in [-0.05, 0) is 123 Å². The lowest BCUT2D eigenvalue weighted by Gasteiger charge is -2.45. The van der Waals surface area contributed by atoms with Gasteiger partial charge in [0.2, 0.25) is 10.0 Å². The molecule has 2 aliphatic carbocycles. The summed E-state index contributed by atoms with van der Waals surface area (Å²) in [5, 5.41) is 11.0. The molecule has 2 fully saturated rings. The van der Waals surface area contributed by atoms with Crippen molar-refractivity contribution in [3.63, 3.8) is 0 Å². The molecule has 2 N–H and O–H groups in total. The second kappa shape index (κ2) is 16.4. The molecule has 1 spiro atoms. The number of hydrogen-bond acceptors (Lipinski definition) is 7. The summed E-state index contributed by atoms with van der Waals surface area (Å²) >= 11 is 6.45. The standard InChI is InChI=1S/C41H55ClN2O6S/c1-4-6-7-13-37(45)34-17-14-31(34)25-44-26-41(20-8-11-29-22-32(42)16-18-35(29)41)27-50-38-19-15-30(23-36(38)44)40(46)43-51(47,48)39(28(3)10-5-2)24-33-12-9-21-49-33/h5,7,13,15-16,18-19,22-23,28,31,33-34,37,39,45H,2,4,6,8-12,14,17,20-21,24-27H2,1,3H3,(H,43,46)/b13-7+/t28-,31-,33+,34+,37-,39-,41-/m0/s1. The number of aryl methyl sites for hydroxylation is 1. The van der Waals surface area contributed by atoms with Crippen molar-refractivity contribution >= 4 is 33.2 Å². The average molecular weight is 739 g/mol. The third kappa shape index (κ3) is 8.53. The van der Waals surface area contributed by atoms with Gasteiger partial charge in [0.25, 0.3) is 5.91 Å². The zero-order valence-electron chi connectivity index (χ0n) is 30.2. The normalized spacial score (nSPS) is 26.4. The van der Waals surface area contributed by atoms with Gasteiger partial charge in [0, 0.05) is 35.7 Å². The second-order valence-electron chi connectivity index (χ2n) is 15.4. The van der Waals surface area contributed by atoms with E-state index in [4.69, 9.17) is 21.1 Å². The van der Waals surface area contributed by atoms with Crippen molar-refractivity contribution < 1.29 is 27.8 Å². The Hall–Kier alpha value is -2.85. The maximum absolute atomic E-state index is 13.9. The molecule has 2 aliphatic heterocycles. The second-order valence-corrected chi connectivity index (χ2v) is 17.7. The highest BCUT2D eigenvalue weighted by Crippen LogP contribution is 2.47. The van der Waals surface area contributed by atoms with Gasteiger partial charge in [-0.15, -0.1) is 6.58 Å². The third-order valence-electron chi connectivity index (χ3n) is 11.8. The zero-order chi connectivity index (χ0) is 36.2. The van der Waals surface area contributed by atoms with Crippen molar-refractivity contribution in [1.82, 2.24) is 4.72 Å². The highest BCUT2D eigenvalue weighted by Gasteiger charge is 2.44. The molecule has 1 saturated carbocycles. The van der Waals surface area contributed by atoms with E-state index in [2.05, 4.69) is 41.3 Å². The van der Waals surface area contributed by atoms with Crippen LogP contribution in [-0.4, -0.2) is 63.2 Å². The molecule has 7 atom stereocenters. The maximum atomic E-state index is 13.9. The van der Waals surface area contributed by atoms with E-state index in [-0.39, 0.29) is 34.8 Å². The molecule has 0 bridgehead atoms. The molecule has 8 nitrogen and oxygen atoms in total. The van der Waals surface area contributed by atoms with Crippen molar-refractivity contribution in [1.29, 1.82) is 0 Å². The molecule has 0 unspecified atom stereocenters. The van der Waals surface area contributed by atoms with Gasteiger partial charge in [0.1, 0.15) is 5.75 Å². The number of sulfonamides is 1. The number of carbonyl (C=O) groups is 1. The summed E-state index contributed by atoms with van der Waals surface area (Å²) in [6.45, 7) is 10.3. The highest BCUT2D eigenvalue weighted by molar-refractivity contribution is 7.90. The number of amides is 1. The minimum absolute atomic E-state index is 0.142. The molecule has 2 aromatic rings. The SMILES string of the molecule is C=CC[C@H](C)[C@H](C[C@H]1CCCO1)S(=O)(=O)NC(=O)c1ccc2c(c1)N(C[C@@H]1CC[C@H]1[C@@H](O)/C=C/CCC)C[C@@]1(CCCc3cc(Cl)ccc31)CO2. The van der Waals surface area contributed by atoms with Crippen molar-refractivity contribution in [2.75, 3.05) is 31.2 Å². The van der Waals surface area contributed by atoms with Gasteiger partial charge in [-0.2, -0.15) is 0 Å². The molecule has 4 aliphatic rings. The minimum atomic E-state index is -4.04. The van der Waals surface area contributed by atoms with Gasteiger partial charge in [-0.25, -0.2) is 13.1 Å². The lowest BCUT2D eigenvalue weighted by atomic mass is 9.68. The van der Waals surface area contributed by atoms with Gasteiger partial charge >= 0.3 is 0 Å². The minimum Gasteiger partial charge on any atom is -0.490 e. The molecule has 278 valence electrons. The first kappa shape index (κ1) is 37.9. The van der Waals surface area contributed by atoms with Crippen LogP contribution in [-0.2, 0) is 26.6 Å². The molecule has 10 heteroatoms. The van der Waals surface area contributed by atoms with E-state index in [1.54, 1.807) is 24.3 Å². The summed E-state index contributed by atoms with van der Waals surface area (Å²) < 4.78 is 42.6. The summed E-state index contributed by atoms with van der Waals surface area (Å²) in [6.07, 6.45) is 14.6. The van der Waals surface area contributed by atoms with Crippen LogP contribution in [0.3, 0.4) is 0 Å². The lowest BCUT2D eigenvalue weighted by Crippen LogP contribution is -2.49. The zero-order valence-corrected chi connectivity index (χ0v) is 31.8. The Balaban J connectivity index is 1.30. The fraction of sp³-hybridized carbons (Fsp3) is 0.585. The highest BCUT2D eigenvalue weighted by atomic mass is 35.5. The molecular weight excluding hydrogens is 684 g/mol. The number of halogens is 1. The van der Waals surface area contributed by atoms with Crippen molar-refractivity contribution in [2.45, 2.75) is 107 Å². The number of aliphatic hydroxyl groups is 1. The molecule has 1 amide bonds. The Morgan fingerprint density at radius 2 is 2.04 bits per heavy atom. The summed E-state index contributed by atoms with van der Waals surface area (Å²) in [7, 11) is -4.04. The number of ether oxygens (including phenoxy) is 2. The van der Waals surface area contributed by atoms with Crippen molar-refractivity contribution in [3.05, 3.63) is 82.9 Å². The van der Waals surface area contributed by atoms with Crippen LogP contribution in [0.2, 0.25) is 5.02 Å². The fourth-order valence-corrected chi connectivity index (χ4v) is 10.7. The number of nitrogens with one attached hydrogen (secondary N) is 1. The van der Waals surface area contributed by atoms with Crippen LogP contribution >= 0.6 is 11.6 Å². The average Bonchev–Trinajstić information content (AvgIpc) is 3.56. The number of hydrogen-bond donors (Lipinski definition) is 2. The number of rotatable bonds is 14.